The van der Waals surface area contributed by atoms with Crippen LogP contribution in [0.4, 0.5) is 5.69 Å². The number of rotatable bonds is 6. The van der Waals surface area contributed by atoms with Crippen LogP contribution in [0.15, 0.2) is 18.2 Å². The number of hydrogen-bond acceptors (Lipinski definition) is 5. The van der Waals surface area contributed by atoms with Gasteiger partial charge in [-0.2, -0.15) is 4.31 Å². The van der Waals surface area contributed by atoms with Crippen molar-refractivity contribution in [3.63, 3.8) is 0 Å². The van der Waals surface area contributed by atoms with Crippen molar-refractivity contribution in [3.05, 3.63) is 23.2 Å². The van der Waals surface area contributed by atoms with Crippen LogP contribution in [-0.2, 0) is 14.8 Å². The zero-order valence-corrected chi connectivity index (χ0v) is 15.4. The number of nitrogens with one attached hydrogen (secondary N) is 1. The minimum atomic E-state index is -3.41. The van der Waals surface area contributed by atoms with Gasteiger partial charge in [0.25, 0.3) is 0 Å². The van der Waals surface area contributed by atoms with E-state index in [2.05, 4.69) is 10.2 Å². The molecule has 1 fully saturated rings. The molecular formula is C15H22ClN3O4S. The fourth-order valence-corrected chi connectivity index (χ4v) is 4.06. The molecule has 0 bridgehead atoms. The van der Waals surface area contributed by atoms with Crippen molar-refractivity contribution in [1.82, 2.24) is 9.21 Å². The first kappa shape index (κ1) is 19.0. The third-order valence-electron chi connectivity index (χ3n) is 3.88. The highest BCUT2D eigenvalue weighted by Gasteiger charge is 2.26. The van der Waals surface area contributed by atoms with E-state index in [4.69, 9.17) is 16.3 Å². The number of carbonyl (C=O) groups is 1. The van der Waals surface area contributed by atoms with Crippen LogP contribution in [0.3, 0.4) is 0 Å². The molecule has 0 radical (unpaired) electrons. The zero-order chi connectivity index (χ0) is 17.7. The van der Waals surface area contributed by atoms with E-state index in [9.17, 15) is 13.2 Å². The van der Waals surface area contributed by atoms with E-state index in [0.29, 0.717) is 42.6 Å². The van der Waals surface area contributed by atoms with Gasteiger partial charge in [-0.3, -0.25) is 4.79 Å². The van der Waals surface area contributed by atoms with Gasteiger partial charge in [-0.25, -0.2) is 8.42 Å². The molecule has 134 valence electrons. The molecule has 1 aromatic rings. The van der Waals surface area contributed by atoms with Gasteiger partial charge in [0, 0.05) is 38.3 Å². The quantitative estimate of drug-likeness (QED) is 0.809. The van der Waals surface area contributed by atoms with E-state index in [1.54, 1.807) is 18.2 Å². The zero-order valence-electron chi connectivity index (χ0n) is 13.8. The van der Waals surface area contributed by atoms with E-state index in [0.717, 1.165) is 0 Å². The Hall–Kier alpha value is -1.35. The van der Waals surface area contributed by atoms with Gasteiger partial charge in [0.05, 0.1) is 17.9 Å². The van der Waals surface area contributed by atoms with E-state index >= 15 is 0 Å². The van der Waals surface area contributed by atoms with Gasteiger partial charge < -0.3 is 15.0 Å². The average molecular weight is 376 g/mol. The molecule has 0 aromatic heterocycles. The molecule has 7 nitrogen and oxygen atoms in total. The number of carbonyl (C=O) groups excluding carboxylic acids is 1. The normalized spacial score (nSPS) is 16.8. The van der Waals surface area contributed by atoms with Crippen LogP contribution in [-0.4, -0.2) is 69.6 Å². The van der Waals surface area contributed by atoms with Crippen molar-refractivity contribution in [2.45, 2.75) is 6.42 Å². The van der Waals surface area contributed by atoms with Gasteiger partial charge >= 0.3 is 0 Å². The van der Waals surface area contributed by atoms with Crippen LogP contribution in [0.2, 0.25) is 5.02 Å². The molecule has 9 heteroatoms. The molecule has 0 unspecified atom stereocenters. The van der Waals surface area contributed by atoms with Crippen molar-refractivity contribution in [3.8, 4) is 5.75 Å². The molecule has 2 rings (SSSR count). The van der Waals surface area contributed by atoms with E-state index in [1.807, 2.05) is 7.05 Å². The van der Waals surface area contributed by atoms with E-state index in [-0.39, 0.29) is 18.1 Å². The number of sulfonamides is 1. The molecule has 0 aliphatic carbocycles. The first-order chi connectivity index (χ1) is 11.3. The SMILES string of the molecule is COc1ccc(NC(=O)CCS(=O)(=O)N2CCN(C)CC2)cc1Cl. The molecule has 1 aromatic carbocycles. The maximum absolute atomic E-state index is 12.3. The number of hydrogen-bond donors (Lipinski definition) is 1. The molecule has 24 heavy (non-hydrogen) atoms. The van der Waals surface area contributed by atoms with Crippen LogP contribution in [0.1, 0.15) is 6.42 Å². The summed E-state index contributed by atoms with van der Waals surface area (Å²) in [7, 11) is 0.0452. The van der Waals surface area contributed by atoms with Crippen molar-refractivity contribution in [1.29, 1.82) is 0 Å². The smallest absolute Gasteiger partial charge is 0.225 e. The Morgan fingerprint density at radius 2 is 1.96 bits per heavy atom. The highest BCUT2D eigenvalue weighted by Crippen LogP contribution is 2.27. The maximum Gasteiger partial charge on any atom is 0.225 e. The van der Waals surface area contributed by atoms with Crippen LogP contribution >= 0.6 is 11.6 Å². The fraction of sp³-hybridized carbons (Fsp3) is 0.533. The van der Waals surface area contributed by atoms with Gasteiger partial charge in [0.2, 0.25) is 15.9 Å². The molecule has 0 saturated carbocycles. The van der Waals surface area contributed by atoms with E-state index in [1.165, 1.54) is 11.4 Å². The van der Waals surface area contributed by atoms with Gasteiger partial charge in [-0.1, -0.05) is 11.6 Å². The number of piperazine rings is 1. The lowest BCUT2D eigenvalue weighted by Crippen LogP contribution is -2.47. The fourth-order valence-electron chi connectivity index (χ4n) is 2.38. The second kappa shape index (κ2) is 8.15. The summed E-state index contributed by atoms with van der Waals surface area (Å²) in [5.41, 5.74) is 0.503. The summed E-state index contributed by atoms with van der Waals surface area (Å²) in [4.78, 5) is 14.1. The molecule has 1 heterocycles. The Balaban J connectivity index is 1.87. The number of benzene rings is 1. The van der Waals surface area contributed by atoms with Crippen LogP contribution in [0, 0.1) is 0 Å². The Morgan fingerprint density at radius 1 is 1.29 bits per heavy atom. The lowest BCUT2D eigenvalue weighted by molar-refractivity contribution is -0.115. The Kier molecular flexibility index (Phi) is 6.45. The molecule has 1 N–H and O–H groups in total. The second-order valence-corrected chi connectivity index (χ2v) is 8.16. The number of ether oxygens (including phenoxy) is 1. The lowest BCUT2D eigenvalue weighted by Gasteiger charge is -2.31. The highest BCUT2D eigenvalue weighted by atomic mass is 35.5. The second-order valence-electron chi connectivity index (χ2n) is 5.67. The number of nitrogens with zero attached hydrogens (tertiary/aromatic N) is 2. The summed E-state index contributed by atoms with van der Waals surface area (Å²) >= 11 is 5.99. The van der Waals surface area contributed by atoms with Gasteiger partial charge in [0.1, 0.15) is 5.75 Å². The average Bonchev–Trinajstić information content (AvgIpc) is 2.54. The van der Waals surface area contributed by atoms with Crippen LogP contribution in [0.5, 0.6) is 5.75 Å². The molecule has 0 spiro atoms. The Bertz CT molecular complexity index is 688. The molecule has 1 amide bonds. The number of methoxy groups -OCH3 is 1. The van der Waals surface area contributed by atoms with Crippen LogP contribution < -0.4 is 10.1 Å². The predicted octanol–water partition coefficient (Wildman–Crippen LogP) is 1.25. The lowest BCUT2D eigenvalue weighted by atomic mass is 10.3. The predicted molar refractivity (Wildman–Crippen MR) is 94.1 cm³/mol. The topological polar surface area (TPSA) is 78.9 Å². The first-order valence-electron chi connectivity index (χ1n) is 7.61. The third kappa shape index (κ3) is 5.07. The number of amides is 1. The van der Waals surface area contributed by atoms with Crippen molar-refractivity contribution < 1.29 is 17.9 Å². The first-order valence-corrected chi connectivity index (χ1v) is 9.60. The summed E-state index contributed by atoms with van der Waals surface area (Å²) in [5, 5.41) is 3.02. The van der Waals surface area contributed by atoms with Crippen LogP contribution in [0.25, 0.3) is 0 Å². The number of anilines is 1. The van der Waals surface area contributed by atoms with Gasteiger partial charge in [0.15, 0.2) is 0 Å². The Labute approximate surface area is 147 Å². The standard InChI is InChI=1S/C15H22ClN3O4S/c1-18-6-8-19(9-7-18)24(21,22)10-5-15(20)17-12-3-4-14(23-2)13(16)11-12/h3-4,11H,5-10H2,1-2H3,(H,17,20). The monoisotopic (exact) mass is 375 g/mol. The van der Waals surface area contributed by atoms with Crippen molar-refractivity contribution in [2.24, 2.45) is 0 Å². The molecule has 0 atom stereocenters. The summed E-state index contributed by atoms with van der Waals surface area (Å²) in [5.74, 6) is -0.0619. The van der Waals surface area contributed by atoms with Gasteiger partial charge in [-0.05, 0) is 25.2 Å². The summed E-state index contributed by atoms with van der Waals surface area (Å²) in [6, 6.07) is 4.85. The largest absolute Gasteiger partial charge is 0.495 e. The molecule has 1 saturated heterocycles. The number of halogens is 1. The highest BCUT2D eigenvalue weighted by molar-refractivity contribution is 7.89. The molecule has 1 aliphatic rings. The Morgan fingerprint density at radius 3 is 2.54 bits per heavy atom. The summed E-state index contributed by atoms with van der Waals surface area (Å²) < 4.78 is 31.0. The molecule has 1 aliphatic heterocycles. The third-order valence-corrected chi connectivity index (χ3v) is 6.05. The summed E-state index contributed by atoms with van der Waals surface area (Å²) in [6.07, 6.45) is -0.0989. The maximum atomic E-state index is 12.3. The minimum absolute atomic E-state index is 0.0989. The van der Waals surface area contributed by atoms with Gasteiger partial charge in [-0.15, -0.1) is 0 Å². The number of likely N-dealkylation sites (N-methyl/N-ethyl adjacent to an activating group) is 1. The van der Waals surface area contributed by atoms with Crippen molar-refractivity contribution >= 4 is 33.2 Å². The van der Waals surface area contributed by atoms with Crippen molar-refractivity contribution in [2.75, 3.05) is 51.4 Å². The summed E-state index contributed by atoms with van der Waals surface area (Å²) in [6.45, 7) is 2.34. The molecular weight excluding hydrogens is 354 g/mol. The van der Waals surface area contributed by atoms with E-state index < -0.39 is 10.0 Å². The minimum Gasteiger partial charge on any atom is -0.495 e.